The number of morpholine rings is 1. The molecule has 1 aromatic carbocycles. The first-order valence-electron chi connectivity index (χ1n) is 21.1. The van der Waals surface area contributed by atoms with E-state index >= 15 is 0 Å². The Morgan fingerprint density at radius 3 is 1.66 bits per heavy atom. The summed E-state index contributed by atoms with van der Waals surface area (Å²) in [5.74, 6) is 0.196. The quantitative estimate of drug-likeness (QED) is 0.0800. The van der Waals surface area contributed by atoms with Gasteiger partial charge in [-0.1, -0.05) is 84.0 Å². The molecule has 19 heteroatoms. The van der Waals surface area contributed by atoms with E-state index in [0.717, 1.165) is 88.6 Å². The summed E-state index contributed by atoms with van der Waals surface area (Å²) in [5, 5.41) is 13.8. The summed E-state index contributed by atoms with van der Waals surface area (Å²) in [6.07, 6.45) is 17.9. The molecule has 330 valence electrons. The maximum absolute atomic E-state index is 13.4. The molecular formula is C45H46N10O5S4. The molecule has 0 spiro atoms. The first kappa shape index (κ1) is 44.9. The van der Waals surface area contributed by atoms with Crippen LogP contribution in [0.2, 0.25) is 0 Å². The molecule has 3 aliphatic rings. The number of urea groups is 2. The number of hydrogen-bond acceptors (Lipinski definition) is 15. The third-order valence-corrected chi connectivity index (χ3v) is 14.7. The van der Waals surface area contributed by atoms with E-state index in [4.69, 9.17) is 4.74 Å². The number of ketones is 2. The van der Waals surface area contributed by atoms with E-state index in [1.807, 2.05) is 54.6 Å². The van der Waals surface area contributed by atoms with Crippen molar-refractivity contribution in [2.75, 3.05) is 52.5 Å². The van der Waals surface area contributed by atoms with Crippen molar-refractivity contribution in [3.63, 3.8) is 0 Å². The molecule has 4 amide bonds. The average Bonchev–Trinajstić information content (AvgIpc) is 4.18. The topological polar surface area (TPSA) is 193 Å². The van der Waals surface area contributed by atoms with Gasteiger partial charge in [0.05, 0.1) is 51.0 Å². The van der Waals surface area contributed by atoms with Crippen molar-refractivity contribution in [1.29, 1.82) is 0 Å². The van der Waals surface area contributed by atoms with Gasteiger partial charge in [-0.3, -0.25) is 25.2 Å². The van der Waals surface area contributed by atoms with Crippen LogP contribution in [-0.2, 0) is 4.74 Å². The monoisotopic (exact) mass is 934 g/mol. The fraction of sp³-hybridized carbons (Fsp3) is 0.311. The molecule has 15 nitrogen and oxygen atoms in total. The van der Waals surface area contributed by atoms with Crippen LogP contribution >= 0.6 is 46.2 Å². The minimum absolute atomic E-state index is 0.0173. The first-order valence-corrected chi connectivity index (χ1v) is 24.4. The predicted molar refractivity (Wildman–Crippen MR) is 253 cm³/mol. The Hall–Kier alpha value is -5.73. The summed E-state index contributed by atoms with van der Waals surface area (Å²) in [7, 11) is 0. The molecule has 9 rings (SSSR count). The van der Waals surface area contributed by atoms with Gasteiger partial charge >= 0.3 is 12.1 Å². The Morgan fingerprint density at radius 1 is 0.594 bits per heavy atom. The molecule has 2 saturated carbocycles. The molecule has 6 heterocycles. The highest BCUT2D eigenvalue weighted by Gasteiger charge is 2.28. The second-order valence-corrected chi connectivity index (χ2v) is 19.8. The van der Waals surface area contributed by atoms with Crippen molar-refractivity contribution >= 4 is 97.2 Å². The molecule has 0 atom stereocenters. The van der Waals surface area contributed by atoms with Gasteiger partial charge in [0.1, 0.15) is 10.1 Å². The van der Waals surface area contributed by atoms with Gasteiger partial charge in [-0.25, -0.2) is 29.5 Å². The molecule has 0 radical (unpaired) electrons. The fourth-order valence-electron chi connectivity index (χ4n) is 7.63. The van der Waals surface area contributed by atoms with Gasteiger partial charge in [-0.05, 0) is 74.2 Å². The maximum atomic E-state index is 13.4. The van der Waals surface area contributed by atoms with E-state index < -0.39 is 12.1 Å². The van der Waals surface area contributed by atoms with Gasteiger partial charge in [0, 0.05) is 61.0 Å². The smallest absolute Gasteiger partial charge is 0.325 e. The van der Waals surface area contributed by atoms with E-state index in [-0.39, 0.29) is 23.4 Å². The highest BCUT2D eigenvalue weighted by molar-refractivity contribution is 8.01. The number of benzene rings is 1. The second-order valence-electron chi connectivity index (χ2n) is 15.1. The number of hydrogen-bond donors (Lipinski definition) is 4. The Kier molecular flexibility index (Phi) is 15.6. The number of carbonyl (C=O) groups excluding carboxylic acids is 4. The summed E-state index contributed by atoms with van der Waals surface area (Å²) < 4.78 is 7.30. The summed E-state index contributed by atoms with van der Waals surface area (Å²) in [6.45, 7) is 2.91. The van der Waals surface area contributed by atoms with Crippen molar-refractivity contribution < 1.29 is 23.9 Å². The molecular weight excluding hydrogens is 889 g/mol. The van der Waals surface area contributed by atoms with E-state index in [1.54, 1.807) is 37.1 Å². The van der Waals surface area contributed by atoms with Crippen molar-refractivity contribution in [3.8, 4) is 0 Å². The molecule has 4 N–H and O–H groups in total. The Labute approximate surface area is 387 Å². The second kappa shape index (κ2) is 22.3. The fourth-order valence-corrected chi connectivity index (χ4v) is 11.2. The maximum Gasteiger partial charge on any atom is 0.325 e. The number of aromatic nitrogens is 5. The molecule has 0 unspecified atom stereocenters. The largest absolute Gasteiger partial charge is 0.378 e. The number of rotatable bonds is 13. The number of nitrogens with zero attached hydrogens (tertiary/aromatic N) is 6. The van der Waals surface area contributed by atoms with Gasteiger partial charge in [0.25, 0.3) is 0 Å². The van der Waals surface area contributed by atoms with E-state index in [1.165, 1.54) is 52.4 Å². The summed E-state index contributed by atoms with van der Waals surface area (Å²) in [4.78, 5) is 74.8. The number of pyridine rings is 3. The number of thiazole rings is 2. The SMILES string of the molecule is O=C(Nc1ncc(Sc2ccccn2)s1)Nc1ccc(N2CCOCC2)cc1C(=O)C1CCCC1.O=C(Nc1ncc(Sc2ccccn2)s1)Nc1ccncc1C(=O)C1CCCC1. The zero-order chi connectivity index (χ0) is 44.1. The van der Waals surface area contributed by atoms with Crippen molar-refractivity contribution in [2.24, 2.45) is 11.8 Å². The van der Waals surface area contributed by atoms with Crippen LogP contribution in [0, 0.1) is 11.8 Å². The normalized spacial score (nSPS) is 15.2. The minimum Gasteiger partial charge on any atom is -0.378 e. The third-order valence-electron chi connectivity index (χ3n) is 10.8. The van der Waals surface area contributed by atoms with Crippen molar-refractivity contribution in [3.05, 3.63) is 109 Å². The number of amides is 4. The van der Waals surface area contributed by atoms with E-state index in [9.17, 15) is 19.2 Å². The van der Waals surface area contributed by atoms with Crippen LogP contribution < -0.4 is 26.2 Å². The lowest BCUT2D eigenvalue weighted by atomic mass is 9.94. The minimum atomic E-state index is -0.444. The van der Waals surface area contributed by atoms with Crippen LogP contribution in [0.4, 0.5) is 36.9 Å². The van der Waals surface area contributed by atoms with Crippen LogP contribution in [0.25, 0.3) is 0 Å². The lowest BCUT2D eigenvalue weighted by Crippen LogP contribution is -2.36. The van der Waals surface area contributed by atoms with Crippen LogP contribution in [0.15, 0.2) is 116 Å². The molecule has 1 saturated heterocycles. The highest BCUT2D eigenvalue weighted by Crippen LogP contribution is 2.36. The zero-order valence-electron chi connectivity index (χ0n) is 34.7. The van der Waals surface area contributed by atoms with Crippen LogP contribution in [0.5, 0.6) is 0 Å². The lowest BCUT2D eigenvalue weighted by molar-refractivity contribution is 0.0916. The van der Waals surface area contributed by atoms with Crippen LogP contribution in [0.3, 0.4) is 0 Å². The molecule has 64 heavy (non-hydrogen) atoms. The Balaban J connectivity index is 0.000000178. The Morgan fingerprint density at radius 2 is 1.12 bits per heavy atom. The number of Topliss-reactive ketones (excluding diaryl/α,β-unsaturated/α-hetero) is 2. The first-order chi connectivity index (χ1) is 31.3. The van der Waals surface area contributed by atoms with E-state index in [0.29, 0.717) is 46.0 Å². The molecule has 3 fully saturated rings. The van der Waals surface area contributed by atoms with Gasteiger partial charge in [0.2, 0.25) is 0 Å². The zero-order valence-corrected chi connectivity index (χ0v) is 38.0. The van der Waals surface area contributed by atoms with Gasteiger partial charge < -0.3 is 20.3 Å². The lowest BCUT2D eigenvalue weighted by Gasteiger charge is -2.29. The van der Waals surface area contributed by atoms with Crippen LogP contribution in [-0.4, -0.2) is 74.9 Å². The number of nitrogens with one attached hydrogen (secondary N) is 4. The molecule has 1 aliphatic heterocycles. The predicted octanol–water partition coefficient (Wildman–Crippen LogP) is 10.6. The summed E-state index contributed by atoms with van der Waals surface area (Å²) >= 11 is 5.70. The van der Waals surface area contributed by atoms with Crippen molar-refractivity contribution in [2.45, 2.75) is 69.8 Å². The highest BCUT2D eigenvalue weighted by atomic mass is 32.2. The number of anilines is 5. The average molecular weight is 935 g/mol. The Bertz CT molecular complexity index is 2530. The third kappa shape index (κ3) is 12.3. The van der Waals surface area contributed by atoms with Gasteiger partial charge in [-0.2, -0.15) is 0 Å². The molecule has 5 aromatic heterocycles. The van der Waals surface area contributed by atoms with E-state index in [2.05, 4.69) is 51.1 Å². The standard InChI is InChI=1S/C25H27N5O3S2.C20H19N5O2S2/c31-23(17-5-1-2-6-17)19-15-18(30-11-13-33-14-12-30)8-9-20(19)28-24(32)29-25-27-16-22(35-25)34-21-7-3-4-10-26-21;26-18(13-5-1-2-6-13)14-11-21-10-8-15(14)24-19(27)25-20-23-12-17(29-20)28-16-7-3-4-9-22-16/h3-4,7-10,15-17H,1-2,5-6,11-14H2,(H2,27,28,29,32);3-4,7-13H,1-2,5-6H2,(H2,21,23,24,25,27). The number of carbonyl (C=O) groups is 4. The van der Waals surface area contributed by atoms with Crippen molar-refractivity contribution in [1.82, 2.24) is 24.9 Å². The molecule has 0 bridgehead atoms. The van der Waals surface area contributed by atoms with Crippen LogP contribution in [0.1, 0.15) is 72.1 Å². The number of ether oxygens (including phenoxy) is 1. The summed E-state index contributed by atoms with van der Waals surface area (Å²) in [6, 6.07) is 17.9. The van der Waals surface area contributed by atoms with Gasteiger partial charge in [0.15, 0.2) is 21.8 Å². The molecule has 2 aliphatic carbocycles. The molecule has 6 aromatic rings. The summed E-state index contributed by atoms with van der Waals surface area (Å²) in [5.41, 5.74) is 3.00. The van der Waals surface area contributed by atoms with Gasteiger partial charge in [-0.15, -0.1) is 0 Å².